The highest BCUT2D eigenvalue weighted by atomic mass is 35.5. The molecule has 2 aromatic carbocycles. The van der Waals surface area contributed by atoms with E-state index in [1.165, 1.54) is 12.1 Å². The average molecular weight is 447 g/mol. The number of carbonyl (C=O) groups is 2. The van der Waals surface area contributed by atoms with Gasteiger partial charge < -0.3 is 19.3 Å². The quantitative estimate of drug-likeness (QED) is 0.703. The fraction of sp³-hybridized carbons (Fsp3) is 0.391. The molecule has 2 fully saturated rings. The lowest BCUT2D eigenvalue weighted by Crippen LogP contribution is -2.40. The fourth-order valence-electron chi connectivity index (χ4n) is 3.93. The molecule has 4 rings (SSSR count). The van der Waals surface area contributed by atoms with Gasteiger partial charge in [0.2, 0.25) is 0 Å². The number of likely N-dealkylation sites (tertiary alicyclic amines) is 1. The summed E-state index contributed by atoms with van der Waals surface area (Å²) in [5, 5.41) is 0.108. The van der Waals surface area contributed by atoms with Crippen molar-refractivity contribution in [2.45, 2.75) is 18.9 Å². The number of hydrogen-bond acceptors (Lipinski definition) is 4. The molecular weight excluding hydrogens is 423 g/mol. The van der Waals surface area contributed by atoms with E-state index >= 15 is 0 Å². The summed E-state index contributed by atoms with van der Waals surface area (Å²) < 4.78 is 24.5. The van der Waals surface area contributed by atoms with Crippen molar-refractivity contribution in [2.75, 3.05) is 39.5 Å². The number of ether oxygens (including phenoxy) is 2. The summed E-state index contributed by atoms with van der Waals surface area (Å²) in [5.74, 6) is -0.0720. The molecule has 31 heavy (non-hydrogen) atoms. The van der Waals surface area contributed by atoms with E-state index in [9.17, 15) is 14.0 Å². The molecule has 6 nitrogen and oxygen atoms in total. The van der Waals surface area contributed by atoms with Crippen LogP contribution in [0.2, 0.25) is 5.02 Å². The molecule has 1 unspecified atom stereocenters. The minimum Gasteiger partial charge on any atom is -0.491 e. The summed E-state index contributed by atoms with van der Waals surface area (Å²) in [6.45, 7) is 3.26. The van der Waals surface area contributed by atoms with Crippen LogP contribution < -0.4 is 4.74 Å². The number of halogens is 2. The zero-order valence-electron chi connectivity index (χ0n) is 17.1. The molecule has 0 radical (unpaired) electrons. The Kier molecular flexibility index (Phi) is 6.73. The first-order valence-electron chi connectivity index (χ1n) is 10.4. The molecule has 0 N–H and O–H groups in total. The Bertz CT molecular complexity index is 947. The number of amides is 2. The largest absolute Gasteiger partial charge is 0.491 e. The molecule has 2 heterocycles. The highest BCUT2D eigenvalue weighted by molar-refractivity contribution is 6.33. The predicted octanol–water partition coefficient (Wildman–Crippen LogP) is 3.64. The Hall–Kier alpha value is -2.64. The first-order chi connectivity index (χ1) is 15.0. The summed E-state index contributed by atoms with van der Waals surface area (Å²) >= 11 is 6.06. The molecule has 0 aromatic heterocycles. The van der Waals surface area contributed by atoms with Gasteiger partial charge in [0, 0.05) is 25.2 Å². The first kappa shape index (κ1) is 21.6. The SMILES string of the molecule is O=C(c1ccc(OCC2CCCN2C(=O)c2ccc(F)cc2Cl)cc1)N1CCOCC1. The van der Waals surface area contributed by atoms with Gasteiger partial charge in [-0.15, -0.1) is 0 Å². The monoisotopic (exact) mass is 446 g/mol. The third kappa shape index (κ3) is 4.99. The number of hydrogen-bond donors (Lipinski definition) is 0. The van der Waals surface area contributed by atoms with Crippen LogP contribution in [0.1, 0.15) is 33.6 Å². The minimum absolute atomic E-state index is 0.0152. The zero-order chi connectivity index (χ0) is 21.8. The number of rotatable bonds is 5. The van der Waals surface area contributed by atoms with Gasteiger partial charge in [-0.1, -0.05) is 11.6 Å². The Morgan fingerprint density at radius 3 is 2.52 bits per heavy atom. The van der Waals surface area contributed by atoms with Crippen molar-refractivity contribution in [2.24, 2.45) is 0 Å². The van der Waals surface area contributed by atoms with Crippen LogP contribution in [0.15, 0.2) is 42.5 Å². The van der Waals surface area contributed by atoms with Gasteiger partial charge in [-0.05, 0) is 55.3 Å². The zero-order valence-corrected chi connectivity index (χ0v) is 17.8. The van der Waals surface area contributed by atoms with Gasteiger partial charge in [0.25, 0.3) is 11.8 Å². The van der Waals surface area contributed by atoms with E-state index in [-0.39, 0.29) is 22.9 Å². The molecule has 0 saturated carbocycles. The fourth-order valence-corrected chi connectivity index (χ4v) is 4.18. The molecule has 0 spiro atoms. The van der Waals surface area contributed by atoms with Crippen LogP contribution in [0.4, 0.5) is 4.39 Å². The lowest BCUT2D eigenvalue weighted by molar-refractivity contribution is 0.0303. The normalized spacial score (nSPS) is 18.8. The molecule has 1 atom stereocenters. The molecule has 0 aliphatic carbocycles. The summed E-state index contributed by atoms with van der Waals surface area (Å²) in [6.07, 6.45) is 1.68. The van der Waals surface area contributed by atoms with Gasteiger partial charge in [0.1, 0.15) is 18.2 Å². The van der Waals surface area contributed by atoms with Crippen molar-refractivity contribution in [1.29, 1.82) is 0 Å². The maximum atomic E-state index is 13.3. The lowest BCUT2D eigenvalue weighted by Gasteiger charge is -2.27. The Labute approximate surface area is 185 Å². The van der Waals surface area contributed by atoms with Crippen LogP contribution in [-0.4, -0.2) is 67.1 Å². The molecule has 2 amide bonds. The number of morpholine rings is 1. The van der Waals surface area contributed by atoms with E-state index in [1.54, 1.807) is 34.1 Å². The molecule has 2 saturated heterocycles. The highest BCUT2D eigenvalue weighted by Crippen LogP contribution is 2.25. The average Bonchev–Trinajstić information content (AvgIpc) is 3.26. The second-order valence-electron chi connectivity index (χ2n) is 7.66. The van der Waals surface area contributed by atoms with Crippen molar-refractivity contribution < 1.29 is 23.5 Å². The van der Waals surface area contributed by atoms with E-state index in [2.05, 4.69) is 0 Å². The van der Waals surface area contributed by atoms with Gasteiger partial charge in [0.05, 0.1) is 29.8 Å². The third-order valence-corrected chi connectivity index (χ3v) is 5.95. The van der Waals surface area contributed by atoms with Crippen molar-refractivity contribution in [3.05, 3.63) is 64.4 Å². The van der Waals surface area contributed by atoms with Crippen LogP contribution in [0.5, 0.6) is 5.75 Å². The van der Waals surface area contributed by atoms with E-state index < -0.39 is 5.82 Å². The minimum atomic E-state index is -0.474. The number of nitrogens with zero attached hydrogens (tertiary/aromatic N) is 2. The Morgan fingerprint density at radius 1 is 1.06 bits per heavy atom. The Morgan fingerprint density at radius 2 is 1.81 bits per heavy atom. The standard InChI is InChI=1S/C23H24ClFN2O4/c24-21-14-17(25)5-8-20(21)23(29)27-9-1-2-18(27)15-31-19-6-3-16(4-7-19)22(28)26-10-12-30-13-11-26/h3-8,14,18H,1-2,9-13,15H2. The Balaban J connectivity index is 1.36. The van der Waals surface area contributed by atoms with Crippen molar-refractivity contribution >= 4 is 23.4 Å². The number of carbonyl (C=O) groups excluding carboxylic acids is 2. The van der Waals surface area contributed by atoms with Gasteiger partial charge in [-0.25, -0.2) is 4.39 Å². The summed E-state index contributed by atoms with van der Waals surface area (Å²) in [4.78, 5) is 28.9. The van der Waals surface area contributed by atoms with E-state index in [4.69, 9.17) is 21.1 Å². The summed E-state index contributed by atoms with van der Waals surface area (Å²) in [5.41, 5.74) is 0.902. The van der Waals surface area contributed by atoms with Crippen molar-refractivity contribution in [1.82, 2.24) is 9.80 Å². The maximum absolute atomic E-state index is 13.3. The first-order valence-corrected chi connectivity index (χ1v) is 10.8. The van der Waals surface area contributed by atoms with E-state index in [1.807, 2.05) is 0 Å². The molecule has 8 heteroatoms. The maximum Gasteiger partial charge on any atom is 0.255 e. The van der Waals surface area contributed by atoms with Crippen molar-refractivity contribution in [3.8, 4) is 5.75 Å². The molecule has 164 valence electrons. The van der Waals surface area contributed by atoms with Gasteiger partial charge in [-0.2, -0.15) is 0 Å². The van der Waals surface area contributed by atoms with E-state index in [0.29, 0.717) is 56.3 Å². The molecule has 2 aromatic rings. The van der Waals surface area contributed by atoms with Crippen LogP contribution in [0.3, 0.4) is 0 Å². The van der Waals surface area contributed by atoms with Crippen LogP contribution in [-0.2, 0) is 4.74 Å². The summed E-state index contributed by atoms with van der Waals surface area (Å²) in [6, 6.07) is 10.8. The third-order valence-electron chi connectivity index (χ3n) is 5.64. The highest BCUT2D eigenvalue weighted by Gasteiger charge is 2.31. The summed E-state index contributed by atoms with van der Waals surface area (Å²) in [7, 11) is 0. The lowest BCUT2D eigenvalue weighted by atomic mass is 10.1. The predicted molar refractivity (Wildman–Crippen MR) is 114 cm³/mol. The van der Waals surface area contributed by atoms with E-state index in [0.717, 1.165) is 18.9 Å². The van der Waals surface area contributed by atoms with Crippen LogP contribution in [0.25, 0.3) is 0 Å². The second kappa shape index (κ2) is 9.66. The van der Waals surface area contributed by atoms with Gasteiger partial charge in [0.15, 0.2) is 0 Å². The van der Waals surface area contributed by atoms with Crippen LogP contribution >= 0.6 is 11.6 Å². The molecule has 2 aliphatic rings. The van der Waals surface area contributed by atoms with Gasteiger partial charge in [-0.3, -0.25) is 9.59 Å². The molecular formula is C23H24ClFN2O4. The molecule has 2 aliphatic heterocycles. The second-order valence-corrected chi connectivity index (χ2v) is 8.07. The van der Waals surface area contributed by atoms with Gasteiger partial charge >= 0.3 is 0 Å². The topological polar surface area (TPSA) is 59.1 Å². The van der Waals surface area contributed by atoms with Crippen molar-refractivity contribution in [3.63, 3.8) is 0 Å². The smallest absolute Gasteiger partial charge is 0.255 e. The molecule has 0 bridgehead atoms. The number of benzene rings is 2. The van der Waals surface area contributed by atoms with Crippen LogP contribution in [0, 0.1) is 5.82 Å².